The third-order valence-electron chi connectivity index (χ3n) is 2.28. The molecule has 0 amide bonds. The first kappa shape index (κ1) is 10.9. The van der Waals surface area contributed by atoms with Crippen LogP contribution in [0.25, 0.3) is 0 Å². The molecule has 2 nitrogen and oxygen atoms in total. The lowest BCUT2D eigenvalue weighted by atomic mass is 10.0. The molecule has 0 N–H and O–H groups in total. The van der Waals surface area contributed by atoms with Crippen LogP contribution in [-0.2, 0) is 0 Å². The quantitative estimate of drug-likeness (QED) is 0.684. The van der Waals surface area contributed by atoms with Gasteiger partial charge in [-0.2, -0.15) is 0 Å². The SMILES string of the molecule is CCCCC(=O)c1ccc(C)nc1C. The topological polar surface area (TPSA) is 30.0 Å². The van der Waals surface area contributed by atoms with E-state index in [1.807, 2.05) is 26.0 Å². The summed E-state index contributed by atoms with van der Waals surface area (Å²) in [5, 5.41) is 0. The van der Waals surface area contributed by atoms with Gasteiger partial charge in [0.15, 0.2) is 5.78 Å². The number of aromatic nitrogens is 1. The average Bonchev–Trinajstić information content (AvgIpc) is 2.14. The number of pyridine rings is 1. The van der Waals surface area contributed by atoms with Gasteiger partial charge in [-0.25, -0.2) is 0 Å². The van der Waals surface area contributed by atoms with E-state index in [0.29, 0.717) is 6.42 Å². The Hall–Kier alpha value is -1.18. The molecular formula is C12H17NO. The molecule has 0 fully saturated rings. The molecular weight excluding hydrogens is 174 g/mol. The van der Waals surface area contributed by atoms with Crippen molar-refractivity contribution in [1.29, 1.82) is 0 Å². The Bertz CT molecular complexity index is 331. The molecule has 1 aromatic rings. The number of hydrogen-bond donors (Lipinski definition) is 0. The van der Waals surface area contributed by atoms with E-state index in [1.54, 1.807) is 0 Å². The van der Waals surface area contributed by atoms with Crippen LogP contribution < -0.4 is 0 Å². The number of unbranched alkanes of at least 4 members (excludes halogenated alkanes) is 1. The molecule has 0 unspecified atom stereocenters. The average molecular weight is 191 g/mol. The molecule has 14 heavy (non-hydrogen) atoms. The normalized spacial score (nSPS) is 10.2. The highest BCUT2D eigenvalue weighted by Crippen LogP contribution is 2.11. The molecule has 76 valence electrons. The summed E-state index contributed by atoms with van der Waals surface area (Å²) in [5.74, 6) is 0.219. The summed E-state index contributed by atoms with van der Waals surface area (Å²) < 4.78 is 0. The van der Waals surface area contributed by atoms with E-state index >= 15 is 0 Å². The van der Waals surface area contributed by atoms with Crippen molar-refractivity contribution in [3.8, 4) is 0 Å². The van der Waals surface area contributed by atoms with Crippen molar-refractivity contribution >= 4 is 5.78 Å². The Balaban J connectivity index is 2.80. The maximum absolute atomic E-state index is 11.7. The number of rotatable bonds is 4. The van der Waals surface area contributed by atoms with Gasteiger partial charge in [-0.3, -0.25) is 9.78 Å². The van der Waals surface area contributed by atoms with Crippen LogP contribution in [0.2, 0.25) is 0 Å². The van der Waals surface area contributed by atoms with Crippen molar-refractivity contribution < 1.29 is 4.79 Å². The number of hydrogen-bond acceptors (Lipinski definition) is 2. The van der Waals surface area contributed by atoms with Gasteiger partial charge >= 0.3 is 0 Å². The molecule has 1 rings (SSSR count). The van der Waals surface area contributed by atoms with Gasteiger partial charge in [0, 0.05) is 23.4 Å². The van der Waals surface area contributed by atoms with Gasteiger partial charge in [0.25, 0.3) is 0 Å². The van der Waals surface area contributed by atoms with Gasteiger partial charge in [0.05, 0.1) is 0 Å². The third kappa shape index (κ3) is 2.66. The Morgan fingerprint density at radius 2 is 2.07 bits per heavy atom. The summed E-state index contributed by atoms with van der Waals surface area (Å²) in [5.41, 5.74) is 2.60. The Morgan fingerprint density at radius 3 is 2.64 bits per heavy atom. The van der Waals surface area contributed by atoms with Gasteiger partial charge in [0.1, 0.15) is 0 Å². The number of carbonyl (C=O) groups excluding carboxylic acids is 1. The minimum Gasteiger partial charge on any atom is -0.294 e. The number of nitrogens with zero attached hydrogens (tertiary/aromatic N) is 1. The van der Waals surface area contributed by atoms with Crippen LogP contribution in [-0.4, -0.2) is 10.8 Å². The molecule has 0 radical (unpaired) electrons. The van der Waals surface area contributed by atoms with Crippen LogP contribution in [0.5, 0.6) is 0 Å². The van der Waals surface area contributed by atoms with E-state index < -0.39 is 0 Å². The second-order valence-corrected chi connectivity index (χ2v) is 3.61. The Labute approximate surface area is 85.4 Å². The second-order valence-electron chi connectivity index (χ2n) is 3.61. The maximum Gasteiger partial charge on any atom is 0.164 e. The third-order valence-corrected chi connectivity index (χ3v) is 2.28. The predicted molar refractivity (Wildman–Crippen MR) is 57.6 cm³/mol. The van der Waals surface area contributed by atoms with Crippen LogP contribution in [0.1, 0.15) is 47.9 Å². The Morgan fingerprint density at radius 1 is 1.36 bits per heavy atom. The van der Waals surface area contributed by atoms with E-state index in [9.17, 15) is 4.79 Å². The molecule has 0 aliphatic rings. The van der Waals surface area contributed by atoms with Crippen molar-refractivity contribution in [3.05, 3.63) is 29.1 Å². The summed E-state index contributed by atoms with van der Waals surface area (Å²) >= 11 is 0. The van der Waals surface area contributed by atoms with Gasteiger partial charge in [-0.1, -0.05) is 13.3 Å². The van der Waals surface area contributed by atoms with Gasteiger partial charge in [-0.05, 0) is 32.4 Å². The van der Waals surface area contributed by atoms with Crippen molar-refractivity contribution in [2.24, 2.45) is 0 Å². The lowest BCUT2D eigenvalue weighted by molar-refractivity contribution is 0.0979. The zero-order chi connectivity index (χ0) is 10.6. The number of Topliss-reactive ketones (excluding diaryl/α,β-unsaturated/α-hetero) is 1. The summed E-state index contributed by atoms with van der Waals surface area (Å²) in [4.78, 5) is 16.0. The number of carbonyl (C=O) groups is 1. The lowest BCUT2D eigenvalue weighted by Gasteiger charge is -2.04. The van der Waals surface area contributed by atoms with Gasteiger partial charge < -0.3 is 0 Å². The van der Waals surface area contributed by atoms with E-state index in [1.165, 1.54) is 0 Å². The van der Waals surface area contributed by atoms with E-state index in [0.717, 1.165) is 29.8 Å². The molecule has 1 heterocycles. The highest BCUT2D eigenvalue weighted by Gasteiger charge is 2.08. The summed E-state index contributed by atoms with van der Waals surface area (Å²) in [7, 11) is 0. The fourth-order valence-electron chi connectivity index (χ4n) is 1.45. The monoisotopic (exact) mass is 191 g/mol. The van der Waals surface area contributed by atoms with Crippen LogP contribution in [0.3, 0.4) is 0 Å². The molecule has 0 aliphatic carbocycles. The molecule has 0 atom stereocenters. The zero-order valence-corrected chi connectivity index (χ0v) is 9.13. The van der Waals surface area contributed by atoms with Crippen LogP contribution in [0.15, 0.2) is 12.1 Å². The molecule has 0 spiro atoms. The summed E-state index contributed by atoms with van der Waals surface area (Å²) in [6.07, 6.45) is 2.66. The van der Waals surface area contributed by atoms with Crippen LogP contribution in [0, 0.1) is 13.8 Å². The van der Waals surface area contributed by atoms with E-state index in [4.69, 9.17) is 0 Å². The molecule has 0 saturated carbocycles. The molecule has 0 aromatic carbocycles. The number of ketones is 1. The van der Waals surface area contributed by atoms with Crippen molar-refractivity contribution in [2.45, 2.75) is 40.0 Å². The zero-order valence-electron chi connectivity index (χ0n) is 9.13. The number of aryl methyl sites for hydroxylation is 2. The minimum absolute atomic E-state index is 0.219. The van der Waals surface area contributed by atoms with Gasteiger partial charge in [-0.15, -0.1) is 0 Å². The highest BCUT2D eigenvalue weighted by molar-refractivity contribution is 5.96. The van der Waals surface area contributed by atoms with E-state index in [-0.39, 0.29) is 5.78 Å². The minimum atomic E-state index is 0.219. The predicted octanol–water partition coefficient (Wildman–Crippen LogP) is 3.07. The largest absolute Gasteiger partial charge is 0.294 e. The molecule has 1 aromatic heterocycles. The molecule has 0 aliphatic heterocycles. The van der Waals surface area contributed by atoms with Crippen LogP contribution >= 0.6 is 0 Å². The Kier molecular flexibility index (Phi) is 3.81. The second kappa shape index (κ2) is 4.89. The molecule has 0 saturated heterocycles. The first-order chi connectivity index (χ1) is 6.65. The smallest absolute Gasteiger partial charge is 0.164 e. The molecule has 2 heteroatoms. The first-order valence-corrected chi connectivity index (χ1v) is 5.12. The van der Waals surface area contributed by atoms with Crippen LogP contribution in [0.4, 0.5) is 0 Å². The first-order valence-electron chi connectivity index (χ1n) is 5.12. The lowest BCUT2D eigenvalue weighted by Crippen LogP contribution is -2.03. The highest BCUT2D eigenvalue weighted by atomic mass is 16.1. The molecule has 0 bridgehead atoms. The van der Waals surface area contributed by atoms with E-state index in [2.05, 4.69) is 11.9 Å². The van der Waals surface area contributed by atoms with Crippen molar-refractivity contribution in [3.63, 3.8) is 0 Å². The fourth-order valence-corrected chi connectivity index (χ4v) is 1.45. The van der Waals surface area contributed by atoms with Gasteiger partial charge in [0.2, 0.25) is 0 Å². The van der Waals surface area contributed by atoms with Crippen molar-refractivity contribution in [1.82, 2.24) is 4.98 Å². The maximum atomic E-state index is 11.7. The van der Waals surface area contributed by atoms with Crippen molar-refractivity contribution in [2.75, 3.05) is 0 Å². The summed E-state index contributed by atoms with van der Waals surface area (Å²) in [6.45, 7) is 5.92. The standard InChI is InChI=1S/C12H17NO/c1-4-5-6-12(14)11-8-7-9(2)13-10(11)3/h7-8H,4-6H2,1-3H3. The summed E-state index contributed by atoms with van der Waals surface area (Å²) in [6, 6.07) is 3.78. The fraction of sp³-hybridized carbons (Fsp3) is 0.500.